The minimum Gasteiger partial charge on any atom is -0.304 e. The van der Waals surface area contributed by atoms with E-state index in [2.05, 4.69) is 20.5 Å². The smallest absolute Gasteiger partial charge is 0.279 e. The minimum atomic E-state index is -0.489. The van der Waals surface area contributed by atoms with E-state index in [1.54, 1.807) is 47.5 Å². The van der Waals surface area contributed by atoms with Gasteiger partial charge < -0.3 is 5.32 Å². The van der Waals surface area contributed by atoms with Crippen molar-refractivity contribution < 1.29 is 9.18 Å². The summed E-state index contributed by atoms with van der Waals surface area (Å²) in [6, 6.07) is 9.57. The van der Waals surface area contributed by atoms with Crippen LogP contribution in [0.1, 0.15) is 16.1 Å². The molecule has 9 heteroatoms. The van der Waals surface area contributed by atoms with Crippen LogP contribution in [-0.4, -0.2) is 30.3 Å². The summed E-state index contributed by atoms with van der Waals surface area (Å²) >= 11 is 6.18. The fraction of sp³-hybridized carbons (Fsp3) is 0.0588. The van der Waals surface area contributed by atoms with Crippen molar-refractivity contribution in [1.82, 2.24) is 24.4 Å². The summed E-state index contributed by atoms with van der Waals surface area (Å²) in [5.41, 5.74) is 1.22. The fourth-order valence-electron chi connectivity index (χ4n) is 2.52. The molecule has 0 aliphatic carbocycles. The molecule has 0 fully saturated rings. The normalized spacial score (nSPS) is 11.0. The first-order valence-electron chi connectivity index (χ1n) is 7.68. The highest BCUT2D eigenvalue weighted by molar-refractivity contribution is 6.37. The molecule has 3 heterocycles. The maximum absolute atomic E-state index is 13.2. The number of nitrogens with one attached hydrogen (secondary N) is 1. The standard InChI is InChI=1S/C17H12ClFN6O/c18-14-15(23-25-7-2-6-20-16(14)25)17(26)21-13-5-8-24(22-13)10-11-3-1-4-12(19)9-11/h1-9H,10H2,(H,21,22,26). The van der Waals surface area contributed by atoms with Gasteiger partial charge in [0.05, 0.1) is 6.54 Å². The number of carbonyl (C=O) groups excluding carboxylic acids is 1. The van der Waals surface area contributed by atoms with Crippen LogP contribution in [0.3, 0.4) is 0 Å². The van der Waals surface area contributed by atoms with Crippen LogP contribution in [0, 0.1) is 5.82 Å². The van der Waals surface area contributed by atoms with Crippen LogP contribution < -0.4 is 5.32 Å². The third-order valence-electron chi connectivity index (χ3n) is 3.67. The number of hydrogen-bond acceptors (Lipinski definition) is 4. The van der Waals surface area contributed by atoms with Gasteiger partial charge in [-0.25, -0.2) is 13.9 Å². The van der Waals surface area contributed by atoms with E-state index in [1.807, 2.05) is 0 Å². The molecular formula is C17H12ClFN6O. The van der Waals surface area contributed by atoms with Gasteiger partial charge in [0.1, 0.15) is 10.8 Å². The van der Waals surface area contributed by atoms with Gasteiger partial charge in [-0.3, -0.25) is 9.48 Å². The van der Waals surface area contributed by atoms with Gasteiger partial charge in [-0.2, -0.15) is 10.2 Å². The maximum atomic E-state index is 13.2. The Kier molecular flexibility index (Phi) is 4.10. The molecule has 4 aromatic rings. The summed E-state index contributed by atoms with van der Waals surface area (Å²) in [7, 11) is 0. The average Bonchev–Trinajstić information content (AvgIpc) is 3.20. The van der Waals surface area contributed by atoms with E-state index in [4.69, 9.17) is 11.6 Å². The van der Waals surface area contributed by atoms with Crippen LogP contribution in [0.5, 0.6) is 0 Å². The van der Waals surface area contributed by atoms with E-state index >= 15 is 0 Å². The summed E-state index contributed by atoms with van der Waals surface area (Å²) in [5, 5.41) is 11.2. The maximum Gasteiger partial charge on any atom is 0.279 e. The van der Waals surface area contributed by atoms with E-state index in [-0.39, 0.29) is 16.5 Å². The van der Waals surface area contributed by atoms with Gasteiger partial charge in [-0.1, -0.05) is 23.7 Å². The molecule has 4 rings (SSSR count). The number of rotatable bonds is 4. The summed E-state index contributed by atoms with van der Waals surface area (Å²) in [6.45, 7) is 0.382. The predicted molar refractivity (Wildman–Crippen MR) is 93.7 cm³/mol. The second-order valence-electron chi connectivity index (χ2n) is 5.53. The molecule has 7 nitrogen and oxygen atoms in total. The Hall–Kier alpha value is -3.26. The zero-order valence-electron chi connectivity index (χ0n) is 13.3. The van der Waals surface area contributed by atoms with E-state index in [0.717, 1.165) is 5.56 Å². The quantitative estimate of drug-likeness (QED) is 0.599. The molecule has 1 aromatic carbocycles. The number of aromatic nitrogens is 5. The Labute approximate surface area is 152 Å². The Morgan fingerprint density at radius 2 is 2.08 bits per heavy atom. The first kappa shape index (κ1) is 16.2. The molecule has 0 aliphatic rings. The van der Waals surface area contributed by atoms with Crippen LogP contribution in [0.4, 0.5) is 10.2 Å². The van der Waals surface area contributed by atoms with Crippen molar-refractivity contribution in [1.29, 1.82) is 0 Å². The first-order valence-corrected chi connectivity index (χ1v) is 8.06. The van der Waals surface area contributed by atoms with Crippen LogP contribution in [0.15, 0.2) is 55.0 Å². The number of nitrogens with zero attached hydrogens (tertiary/aromatic N) is 5. The molecule has 0 spiro atoms. The Bertz CT molecular complexity index is 1110. The van der Waals surface area contributed by atoms with Crippen LogP contribution >= 0.6 is 11.6 Å². The number of halogens is 2. The van der Waals surface area contributed by atoms with E-state index in [1.165, 1.54) is 16.6 Å². The molecular weight excluding hydrogens is 359 g/mol. The van der Waals surface area contributed by atoms with Gasteiger partial charge in [0.25, 0.3) is 5.91 Å². The van der Waals surface area contributed by atoms with Gasteiger partial charge >= 0.3 is 0 Å². The van der Waals surface area contributed by atoms with Crippen LogP contribution in [0.25, 0.3) is 5.65 Å². The van der Waals surface area contributed by atoms with Crippen molar-refractivity contribution in [2.24, 2.45) is 0 Å². The predicted octanol–water partition coefficient (Wildman–Crippen LogP) is 3.02. The molecule has 3 aromatic heterocycles. The lowest BCUT2D eigenvalue weighted by Gasteiger charge is -2.02. The molecule has 130 valence electrons. The first-order chi connectivity index (χ1) is 12.6. The van der Waals surface area contributed by atoms with Gasteiger partial charge in [-0.05, 0) is 23.8 Å². The Balaban J connectivity index is 1.51. The molecule has 0 atom stereocenters. The molecule has 0 aliphatic heterocycles. The summed E-state index contributed by atoms with van der Waals surface area (Å²) < 4.78 is 16.3. The van der Waals surface area contributed by atoms with Crippen molar-refractivity contribution in [3.63, 3.8) is 0 Å². The molecule has 0 unspecified atom stereocenters. The number of carbonyl (C=O) groups is 1. The van der Waals surface area contributed by atoms with E-state index in [9.17, 15) is 9.18 Å². The number of anilines is 1. The van der Waals surface area contributed by atoms with Crippen molar-refractivity contribution in [3.8, 4) is 0 Å². The summed E-state index contributed by atoms with van der Waals surface area (Å²) in [5.74, 6) is -0.456. The number of fused-ring (bicyclic) bond motifs is 1. The van der Waals surface area contributed by atoms with Crippen molar-refractivity contribution in [3.05, 3.63) is 77.1 Å². The van der Waals surface area contributed by atoms with Crippen molar-refractivity contribution in [2.75, 3.05) is 5.32 Å². The van der Waals surface area contributed by atoms with Crippen molar-refractivity contribution in [2.45, 2.75) is 6.54 Å². The SMILES string of the molecule is O=C(Nc1ccn(Cc2cccc(F)c2)n1)c1nn2cccnc2c1Cl. The zero-order chi connectivity index (χ0) is 18.1. The second-order valence-corrected chi connectivity index (χ2v) is 5.91. The highest BCUT2D eigenvalue weighted by Crippen LogP contribution is 2.20. The molecule has 0 saturated carbocycles. The topological polar surface area (TPSA) is 77.1 Å². The largest absolute Gasteiger partial charge is 0.304 e. The Morgan fingerprint density at radius 3 is 2.88 bits per heavy atom. The lowest BCUT2D eigenvalue weighted by Crippen LogP contribution is -2.14. The van der Waals surface area contributed by atoms with E-state index in [0.29, 0.717) is 18.0 Å². The monoisotopic (exact) mass is 370 g/mol. The highest BCUT2D eigenvalue weighted by atomic mass is 35.5. The average molecular weight is 371 g/mol. The van der Waals surface area contributed by atoms with Gasteiger partial charge in [0, 0.05) is 24.7 Å². The zero-order valence-corrected chi connectivity index (χ0v) is 14.1. The molecule has 0 saturated heterocycles. The molecule has 1 amide bonds. The van der Waals surface area contributed by atoms with Gasteiger partial charge in [0.2, 0.25) is 0 Å². The highest BCUT2D eigenvalue weighted by Gasteiger charge is 2.19. The third kappa shape index (κ3) is 3.14. The lowest BCUT2D eigenvalue weighted by molar-refractivity contribution is 0.102. The second kappa shape index (κ2) is 6.57. The summed E-state index contributed by atoms with van der Waals surface area (Å²) in [4.78, 5) is 16.5. The number of benzene rings is 1. The number of hydrogen-bond donors (Lipinski definition) is 1. The lowest BCUT2D eigenvalue weighted by atomic mass is 10.2. The summed E-state index contributed by atoms with van der Waals surface area (Å²) in [6.07, 6.45) is 4.91. The van der Waals surface area contributed by atoms with Gasteiger partial charge in [-0.15, -0.1) is 0 Å². The van der Waals surface area contributed by atoms with Gasteiger partial charge in [0.15, 0.2) is 17.2 Å². The Morgan fingerprint density at radius 1 is 1.19 bits per heavy atom. The minimum absolute atomic E-state index is 0.0602. The van der Waals surface area contributed by atoms with Crippen LogP contribution in [-0.2, 0) is 6.54 Å². The molecule has 26 heavy (non-hydrogen) atoms. The molecule has 1 N–H and O–H groups in total. The molecule has 0 bridgehead atoms. The third-order valence-corrected chi connectivity index (χ3v) is 4.02. The van der Waals surface area contributed by atoms with Crippen LogP contribution in [0.2, 0.25) is 5.02 Å². The molecule has 0 radical (unpaired) electrons. The fourth-order valence-corrected chi connectivity index (χ4v) is 2.78. The van der Waals surface area contributed by atoms with E-state index < -0.39 is 5.91 Å². The number of amides is 1. The van der Waals surface area contributed by atoms with Crippen molar-refractivity contribution >= 4 is 29.0 Å².